The molecule has 0 spiro atoms. The molecule has 1 aromatic rings. The second-order valence-corrected chi connectivity index (χ2v) is 9.73. The second-order valence-electron chi connectivity index (χ2n) is 7.86. The van der Waals surface area contributed by atoms with Crippen LogP contribution in [0.25, 0.3) is 0 Å². The van der Waals surface area contributed by atoms with Crippen LogP contribution in [0.15, 0.2) is 24.3 Å². The monoisotopic (exact) mass is 409 g/mol. The highest BCUT2D eigenvalue weighted by molar-refractivity contribution is 7.89. The summed E-state index contributed by atoms with van der Waals surface area (Å²) >= 11 is 0. The Hall–Kier alpha value is -1.44. The van der Waals surface area contributed by atoms with Crippen LogP contribution in [0.5, 0.6) is 0 Å². The standard InChI is InChI=1S/C21H35N3O3S/c1-5-15-28(26,27)22-20-11-13-24(14-12-20)21(25)19-9-7-18(8-10-19)16-23(6-2)17(3)4/h7-10,17,20,22H,5-6,11-16H2,1-4H3. The second kappa shape index (κ2) is 10.4. The van der Waals surface area contributed by atoms with Crippen molar-refractivity contribution in [2.75, 3.05) is 25.4 Å². The number of carbonyl (C=O) groups is 1. The first-order valence-electron chi connectivity index (χ1n) is 10.4. The summed E-state index contributed by atoms with van der Waals surface area (Å²) in [5, 5.41) is 0. The van der Waals surface area contributed by atoms with E-state index < -0.39 is 10.0 Å². The van der Waals surface area contributed by atoms with Gasteiger partial charge in [-0.3, -0.25) is 9.69 Å². The molecule has 0 aliphatic carbocycles. The molecule has 0 saturated carbocycles. The molecule has 158 valence electrons. The lowest BCUT2D eigenvalue weighted by molar-refractivity contribution is 0.0711. The lowest BCUT2D eigenvalue weighted by Crippen LogP contribution is -2.47. The highest BCUT2D eigenvalue weighted by atomic mass is 32.2. The van der Waals surface area contributed by atoms with Gasteiger partial charge in [-0.05, 0) is 57.4 Å². The maximum atomic E-state index is 12.8. The Morgan fingerprint density at radius 2 is 1.79 bits per heavy atom. The zero-order valence-electron chi connectivity index (χ0n) is 17.6. The summed E-state index contributed by atoms with van der Waals surface area (Å²) < 4.78 is 26.6. The molecular weight excluding hydrogens is 374 g/mol. The van der Waals surface area contributed by atoms with Gasteiger partial charge in [0.25, 0.3) is 5.91 Å². The maximum absolute atomic E-state index is 12.8. The molecule has 1 aliphatic heterocycles. The van der Waals surface area contributed by atoms with Crippen molar-refractivity contribution in [1.29, 1.82) is 0 Å². The van der Waals surface area contributed by atoms with E-state index in [2.05, 4.69) is 30.4 Å². The molecular formula is C21H35N3O3S. The Bertz CT molecular complexity index is 724. The lowest BCUT2D eigenvalue weighted by Gasteiger charge is -2.32. The lowest BCUT2D eigenvalue weighted by atomic mass is 10.0. The fourth-order valence-corrected chi connectivity index (χ4v) is 5.01. The molecule has 1 fully saturated rings. The third-order valence-corrected chi connectivity index (χ3v) is 6.96. The van der Waals surface area contributed by atoms with Crippen LogP contribution in [0, 0.1) is 0 Å². The predicted octanol–water partition coefficient (Wildman–Crippen LogP) is 2.85. The fraction of sp³-hybridized carbons (Fsp3) is 0.667. The van der Waals surface area contributed by atoms with Crippen LogP contribution in [0.1, 0.15) is 62.9 Å². The Morgan fingerprint density at radius 3 is 2.29 bits per heavy atom. The van der Waals surface area contributed by atoms with Crippen LogP contribution in [0.2, 0.25) is 0 Å². The summed E-state index contributed by atoms with van der Waals surface area (Å²) in [7, 11) is -3.20. The first-order valence-corrected chi connectivity index (χ1v) is 12.0. The number of carbonyl (C=O) groups excluding carboxylic acids is 1. The minimum absolute atomic E-state index is 0.0256. The SMILES string of the molecule is CCCS(=O)(=O)NC1CCN(C(=O)c2ccc(CN(CC)C(C)C)cc2)CC1. The zero-order valence-corrected chi connectivity index (χ0v) is 18.5. The number of sulfonamides is 1. The van der Waals surface area contributed by atoms with Crippen molar-refractivity contribution >= 4 is 15.9 Å². The Labute approximate surface area is 170 Å². The topological polar surface area (TPSA) is 69.7 Å². The molecule has 0 unspecified atom stereocenters. The number of amides is 1. The van der Waals surface area contributed by atoms with Gasteiger partial charge in [0.2, 0.25) is 10.0 Å². The summed E-state index contributed by atoms with van der Waals surface area (Å²) in [5.41, 5.74) is 1.90. The van der Waals surface area contributed by atoms with E-state index >= 15 is 0 Å². The normalized spacial score (nSPS) is 16.1. The third kappa shape index (κ3) is 6.57. The highest BCUT2D eigenvalue weighted by Gasteiger charge is 2.26. The van der Waals surface area contributed by atoms with Gasteiger partial charge in [0.05, 0.1) is 5.75 Å². The van der Waals surface area contributed by atoms with Crippen molar-refractivity contribution in [3.8, 4) is 0 Å². The quantitative estimate of drug-likeness (QED) is 0.681. The van der Waals surface area contributed by atoms with Crippen molar-refractivity contribution in [3.63, 3.8) is 0 Å². The van der Waals surface area contributed by atoms with E-state index in [0.29, 0.717) is 44.0 Å². The number of likely N-dealkylation sites (tertiary alicyclic amines) is 1. The van der Waals surface area contributed by atoms with Crippen molar-refractivity contribution < 1.29 is 13.2 Å². The van der Waals surface area contributed by atoms with Crippen LogP contribution in [0.3, 0.4) is 0 Å². The van der Waals surface area contributed by atoms with E-state index in [4.69, 9.17) is 0 Å². The fourth-order valence-electron chi connectivity index (χ4n) is 3.61. The first-order chi connectivity index (χ1) is 13.3. The largest absolute Gasteiger partial charge is 0.339 e. The molecule has 6 nitrogen and oxygen atoms in total. The minimum atomic E-state index is -3.20. The average molecular weight is 410 g/mol. The van der Waals surface area contributed by atoms with Crippen LogP contribution >= 0.6 is 0 Å². The summed E-state index contributed by atoms with van der Waals surface area (Å²) in [4.78, 5) is 17.0. The van der Waals surface area contributed by atoms with Crippen molar-refractivity contribution in [2.45, 2.75) is 65.6 Å². The molecule has 28 heavy (non-hydrogen) atoms. The molecule has 2 rings (SSSR count). The molecule has 0 aromatic heterocycles. The Balaban J connectivity index is 1.89. The van der Waals surface area contributed by atoms with Crippen LogP contribution in [0.4, 0.5) is 0 Å². The van der Waals surface area contributed by atoms with E-state index in [1.807, 2.05) is 36.1 Å². The molecule has 0 atom stereocenters. The van der Waals surface area contributed by atoms with E-state index in [9.17, 15) is 13.2 Å². The highest BCUT2D eigenvalue weighted by Crippen LogP contribution is 2.16. The number of piperidine rings is 1. The number of hydrogen-bond acceptors (Lipinski definition) is 4. The Kier molecular flexibility index (Phi) is 8.46. The molecule has 1 saturated heterocycles. The summed E-state index contributed by atoms with van der Waals surface area (Å²) in [5.74, 6) is 0.183. The molecule has 0 radical (unpaired) electrons. The zero-order chi connectivity index (χ0) is 20.7. The van der Waals surface area contributed by atoms with E-state index in [0.717, 1.165) is 13.1 Å². The summed E-state index contributed by atoms with van der Waals surface area (Å²) in [6.07, 6.45) is 1.93. The van der Waals surface area contributed by atoms with Gasteiger partial charge in [0.1, 0.15) is 0 Å². The maximum Gasteiger partial charge on any atom is 0.253 e. The molecule has 1 amide bonds. The molecule has 7 heteroatoms. The molecule has 1 N–H and O–H groups in total. The third-order valence-electron chi connectivity index (χ3n) is 5.32. The average Bonchev–Trinajstić information content (AvgIpc) is 2.66. The molecule has 1 aromatic carbocycles. The van der Waals surface area contributed by atoms with Crippen molar-refractivity contribution in [1.82, 2.24) is 14.5 Å². The Morgan fingerprint density at radius 1 is 1.18 bits per heavy atom. The van der Waals surface area contributed by atoms with Gasteiger partial charge < -0.3 is 4.90 Å². The van der Waals surface area contributed by atoms with Gasteiger partial charge >= 0.3 is 0 Å². The van der Waals surface area contributed by atoms with Crippen LogP contribution in [-0.2, 0) is 16.6 Å². The van der Waals surface area contributed by atoms with Crippen LogP contribution < -0.4 is 4.72 Å². The van der Waals surface area contributed by atoms with Crippen molar-refractivity contribution in [2.24, 2.45) is 0 Å². The van der Waals surface area contributed by atoms with Crippen molar-refractivity contribution in [3.05, 3.63) is 35.4 Å². The van der Waals surface area contributed by atoms with Gasteiger partial charge in [-0.25, -0.2) is 13.1 Å². The first kappa shape index (κ1) is 22.8. The van der Waals surface area contributed by atoms with E-state index in [1.165, 1.54) is 5.56 Å². The summed E-state index contributed by atoms with van der Waals surface area (Å²) in [6.45, 7) is 11.4. The number of benzene rings is 1. The number of nitrogens with zero attached hydrogens (tertiary/aromatic N) is 2. The summed E-state index contributed by atoms with van der Waals surface area (Å²) in [6, 6.07) is 8.29. The van der Waals surface area contributed by atoms with Gasteiger partial charge in [-0.2, -0.15) is 0 Å². The van der Waals surface area contributed by atoms with Crippen LogP contribution in [-0.4, -0.2) is 61.6 Å². The number of hydrogen-bond donors (Lipinski definition) is 1. The van der Waals surface area contributed by atoms with E-state index in [-0.39, 0.29) is 17.7 Å². The minimum Gasteiger partial charge on any atom is -0.339 e. The van der Waals surface area contributed by atoms with Gasteiger partial charge in [0, 0.05) is 37.3 Å². The molecule has 0 bridgehead atoms. The van der Waals surface area contributed by atoms with Gasteiger partial charge in [-0.1, -0.05) is 26.0 Å². The smallest absolute Gasteiger partial charge is 0.253 e. The van der Waals surface area contributed by atoms with E-state index in [1.54, 1.807) is 0 Å². The molecule has 1 heterocycles. The van der Waals surface area contributed by atoms with Gasteiger partial charge in [-0.15, -0.1) is 0 Å². The van der Waals surface area contributed by atoms with Gasteiger partial charge in [0.15, 0.2) is 0 Å². The molecule has 1 aliphatic rings. The number of rotatable bonds is 9. The number of nitrogens with one attached hydrogen (secondary N) is 1. The predicted molar refractivity (Wildman–Crippen MR) is 114 cm³/mol.